The summed E-state index contributed by atoms with van der Waals surface area (Å²) in [5, 5.41) is 6.97. The maximum Gasteiger partial charge on any atom is 0.191 e. The van der Waals surface area contributed by atoms with Crippen molar-refractivity contribution in [3.8, 4) is 0 Å². The molecule has 0 aliphatic carbocycles. The Morgan fingerprint density at radius 3 is 2.71 bits per heavy atom. The van der Waals surface area contributed by atoms with Gasteiger partial charge in [-0.15, -0.1) is 24.0 Å². The lowest BCUT2D eigenvalue weighted by Crippen LogP contribution is -2.44. The summed E-state index contributed by atoms with van der Waals surface area (Å²) in [6.07, 6.45) is 5.13. The minimum absolute atomic E-state index is 0. The van der Waals surface area contributed by atoms with Gasteiger partial charge in [0.05, 0.1) is 0 Å². The number of likely N-dealkylation sites (N-methyl/N-ethyl adjacent to an activating group) is 1. The van der Waals surface area contributed by atoms with Crippen LogP contribution in [0.5, 0.6) is 0 Å². The van der Waals surface area contributed by atoms with Gasteiger partial charge in [0.25, 0.3) is 0 Å². The van der Waals surface area contributed by atoms with Crippen molar-refractivity contribution in [1.82, 2.24) is 20.4 Å². The van der Waals surface area contributed by atoms with E-state index >= 15 is 0 Å². The molecule has 24 heavy (non-hydrogen) atoms. The summed E-state index contributed by atoms with van der Waals surface area (Å²) in [4.78, 5) is 9.39. The number of rotatable bonds is 6. The molecule has 0 amide bonds. The van der Waals surface area contributed by atoms with Crippen molar-refractivity contribution in [3.63, 3.8) is 0 Å². The van der Waals surface area contributed by atoms with E-state index < -0.39 is 0 Å². The van der Waals surface area contributed by atoms with E-state index in [1.165, 1.54) is 64.2 Å². The van der Waals surface area contributed by atoms with Crippen LogP contribution < -0.4 is 10.6 Å². The van der Waals surface area contributed by atoms with E-state index in [0.29, 0.717) is 4.75 Å². The monoisotopic (exact) mass is 469 g/mol. The minimum Gasteiger partial charge on any atom is -0.356 e. The van der Waals surface area contributed by atoms with E-state index in [1.807, 2.05) is 7.05 Å². The lowest BCUT2D eigenvalue weighted by molar-refractivity contribution is 0.274. The quantitative estimate of drug-likeness (QED) is 0.270. The summed E-state index contributed by atoms with van der Waals surface area (Å²) in [6, 6.07) is 0. The van der Waals surface area contributed by atoms with Gasteiger partial charge in [0, 0.05) is 38.0 Å². The second-order valence-electron chi connectivity index (χ2n) is 7.11. The molecular formula is C17H36IN5S. The van der Waals surface area contributed by atoms with Crippen molar-refractivity contribution < 1.29 is 0 Å². The van der Waals surface area contributed by atoms with E-state index in [1.54, 1.807) is 0 Å². The van der Waals surface area contributed by atoms with Crippen molar-refractivity contribution in [2.75, 3.05) is 65.7 Å². The largest absolute Gasteiger partial charge is 0.356 e. The van der Waals surface area contributed by atoms with E-state index in [0.717, 1.165) is 19.0 Å². The molecular weight excluding hydrogens is 433 g/mol. The first-order chi connectivity index (χ1) is 11.1. The fourth-order valence-corrected chi connectivity index (χ4v) is 4.54. The molecule has 0 aromatic heterocycles. The fraction of sp³-hybridized carbons (Fsp3) is 0.941. The molecule has 2 aliphatic rings. The molecule has 0 aromatic carbocycles. The molecule has 0 spiro atoms. The first-order valence-electron chi connectivity index (χ1n) is 9.11. The topological polar surface area (TPSA) is 42.9 Å². The van der Waals surface area contributed by atoms with E-state index in [-0.39, 0.29) is 24.0 Å². The maximum atomic E-state index is 4.35. The summed E-state index contributed by atoms with van der Waals surface area (Å²) in [7, 11) is 4.09. The normalized spacial score (nSPS) is 26.7. The van der Waals surface area contributed by atoms with Crippen LogP contribution in [0.1, 0.15) is 32.6 Å². The highest BCUT2D eigenvalue weighted by molar-refractivity contribution is 14.0. The van der Waals surface area contributed by atoms with E-state index in [2.05, 4.69) is 51.2 Å². The fourth-order valence-electron chi connectivity index (χ4n) is 3.30. The summed E-state index contributed by atoms with van der Waals surface area (Å²) in [6.45, 7) is 10.4. The van der Waals surface area contributed by atoms with Gasteiger partial charge < -0.3 is 20.4 Å². The Balaban J connectivity index is 0.00000288. The lowest BCUT2D eigenvalue weighted by atomic mass is 10.1. The Morgan fingerprint density at radius 2 is 2.00 bits per heavy atom. The molecule has 2 fully saturated rings. The number of thioether (sulfide) groups is 1. The Morgan fingerprint density at radius 1 is 1.17 bits per heavy atom. The molecule has 0 radical (unpaired) electrons. The van der Waals surface area contributed by atoms with Crippen LogP contribution in [0, 0.1) is 0 Å². The molecule has 2 N–H and O–H groups in total. The minimum atomic E-state index is 0. The molecule has 0 bridgehead atoms. The van der Waals surface area contributed by atoms with Gasteiger partial charge in [-0.05, 0) is 65.0 Å². The highest BCUT2D eigenvalue weighted by atomic mass is 127. The van der Waals surface area contributed by atoms with Crippen molar-refractivity contribution in [2.45, 2.75) is 37.4 Å². The third-order valence-corrected chi connectivity index (χ3v) is 6.45. The van der Waals surface area contributed by atoms with Crippen LogP contribution in [0.15, 0.2) is 4.99 Å². The number of halogens is 1. The standard InChI is InChI=1S/C17H35N5S.HI/c1-17(7-4-14-23-17)15-20-16(18-2)19-8-5-10-22-11-6-9-21(3)12-13-22;/h4-15H2,1-3H3,(H2,18,19,20);1H. The molecule has 2 aliphatic heterocycles. The molecule has 5 nitrogen and oxygen atoms in total. The van der Waals surface area contributed by atoms with Gasteiger partial charge in [0.1, 0.15) is 0 Å². The molecule has 1 atom stereocenters. The van der Waals surface area contributed by atoms with Gasteiger partial charge in [-0.2, -0.15) is 11.8 Å². The highest BCUT2D eigenvalue weighted by Gasteiger charge is 2.29. The van der Waals surface area contributed by atoms with Crippen LogP contribution in [0.25, 0.3) is 0 Å². The van der Waals surface area contributed by atoms with Gasteiger partial charge in [-0.1, -0.05) is 0 Å². The summed E-state index contributed by atoms with van der Waals surface area (Å²) in [5.74, 6) is 2.25. The summed E-state index contributed by atoms with van der Waals surface area (Å²) in [5.41, 5.74) is 0. The van der Waals surface area contributed by atoms with Gasteiger partial charge in [-0.3, -0.25) is 4.99 Å². The average Bonchev–Trinajstić information content (AvgIpc) is 2.87. The van der Waals surface area contributed by atoms with Crippen molar-refractivity contribution in [3.05, 3.63) is 0 Å². The van der Waals surface area contributed by atoms with E-state index in [4.69, 9.17) is 0 Å². The van der Waals surface area contributed by atoms with E-state index in [9.17, 15) is 0 Å². The van der Waals surface area contributed by atoms with Gasteiger partial charge in [0.15, 0.2) is 5.96 Å². The molecule has 7 heteroatoms. The zero-order chi connectivity index (χ0) is 16.5. The number of aliphatic imine (C=N–C) groups is 1. The SMILES string of the molecule is CN=C(NCCCN1CCCN(C)CC1)NCC1(C)CCCS1.I. The number of hydrogen-bond donors (Lipinski definition) is 2. The average molecular weight is 469 g/mol. The molecule has 1 unspecified atom stereocenters. The molecule has 0 saturated carbocycles. The Kier molecular flexibility index (Phi) is 11.0. The van der Waals surface area contributed by atoms with Crippen LogP contribution in [0.3, 0.4) is 0 Å². The smallest absolute Gasteiger partial charge is 0.191 e. The predicted molar refractivity (Wildman–Crippen MR) is 118 cm³/mol. The second-order valence-corrected chi connectivity index (χ2v) is 8.79. The van der Waals surface area contributed by atoms with Crippen molar-refractivity contribution >= 4 is 41.7 Å². The summed E-state index contributed by atoms with van der Waals surface area (Å²) < 4.78 is 0.385. The Bertz CT molecular complexity index is 374. The van der Waals surface area contributed by atoms with Crippen LogP contribution in [-0.4, -0.2) is 86.2 Å². The first kappa shape index (κ1) is 22.3. The van der Waals surface area contributed by atoms with Crippen LogP contribution in [-0.2, 0) is 0 Å². The highest BCUT2D eigenvalue weighted by Crippen LogP contribution is 2.36. The van der Waals surface area contributed by atoms with Crippen molar-refractivity contribution in [2.24, 2.45) is 4.99 Å². The maximum absolute atomic E-state index is 4.35. The molecule has 142 valence electrons. The van der Waals surface area contributed by atoms with Gasteiger partial charge >= 0.3 is 0 Å². The molecule has 0 aromatic rings. The van der Waals surface area contributed by atoms with Crippen LogP contribution >= 0.6 is 35.7 Å². The Hall–Kier alpha value is 0.270. The number of nitrogens with zero attached hydrogens (tertiary/aromatic N) is 3. The van der Waals surface area contributed by atoms with Crippen LogP contribution in [0.2, 0.25) is 0 Å². The third-order valence-electron chi connectivity index (χ3n) is 4.91. The number of hydrogen-bond acceptors (Lipinski definition) is 4. The number of nitrogens with one attached hydrogen (secondary N) is 2. The van der Waals surface area contributed by atoms with Gasteiger partial charge in [0.2, 0.25) is 0 Å². The lowest BCUT2D eigenvalue weighted by Gasteiger charge is -2.24. The predicted octanol–water partition coefficient (Wildman–Crippen LogP) is 2.08. The second kappa shape index (κ2) is 11.8. The molecule has 2 heterocycles. The van der Waals surface area contributed by atoms with Gasteiger partial charge in [-0.25, -0.2) is 0 Å². The van der Waals surface area contributed by atoms with Crippen molar-refractivity contribution in [1.29, 1.82) is 0 Å². The Labute approximate surface area is 169 Å². The number of guanidine groups is 1. The zero-order valence-corrected chi connectivity index (χ0v) is 18.8. The third kappa shape index (κ3) is 8.10. The molecule has 2 saturated heterocycles. The summed E-state index contributed by atoms with van der Waals surface area (Å²) >= 11 is 2.09. The zero-order valence-electron chi connectivity index (χ0n) is 15.6. The first-order valence-corrected chi connectivity index (χ1v) is 10.1. The molecule has 2 rings (SSSR count). The van der Waals surface area contributed by atoms with Crippen LogP contribution in [0.4, 0.5) is 0 Å².